The van der Waals surface area contributed by atoms with E-state index in [4.69, 9.17) is 20.4 Å². The van der Waals surface area contributed by atoms with E-state index in [1.807, 2.05) is 60.7 Å². The van der Waals surface area contributed by atoms with Crippen molar-refractivity contribution in [2.45, 2.75) is 13.0 Å². The number of rotatable bonds is 5. The molecule has 154 valence electrons. The molecule has 0 fully saturated rings. The molecule has 5 aromatic rings. The molecule has 2 heterocycles. The van der Waals surface area contributed by atoms with Crippen LogP contribution in [-0.4, -0.2) is 26.6 Å². The van der Waals surface area contributed by atoms with E-state index >= 15 is 0 Å². The summed E-state index contributed by atoms with van der Waals surface area (Å²) in [4.78, 5) is 14.1. The van der Waals surface area contributed by atoms with Crippen molar-refractivity contribution < 1.29 is 4.74 Å². The highest BCUT2D eigenvalue weighted by Crippen LogP contribution is 2.32. The number of methoxy groups -OCH3 is 1. The summed E-state index contributed by atoms with van der Waals surface area (Å²) in [7, 11) is 1.64. The third-order valence-electron chi connectivity index (χ3n) is 5.34. The van der Waals surface area contributed by atoms with E-state index in [2.05, 4.69) is 29.4 Å². The predicted octanol–water partition coefficient (Wildman–Crippen LogP) is 4.73. The highest BCUT2D eigenvalue weighted by Gasteiger charge is 2.18. The SMILES string of the molecule is COc1cccc2c(NC(C)c3ccccc3)nc(-n3c(N)nc4ccccc43)nc12. The highest BCUT2D eigenvalue weighted by molar-refractivity contribution is 5.94. The fourth-order valence-electron chi connectivity index (χ4n) is 3.77. The number of nitrogen functional groups attached to an aromatic ring is 1. The fraction of sp³-hybridized carbons (Fsp3) is 0.125. The quantitative estimate of drug-likeness (QED) is 0.435. The maximum Gasteiger partial charge on any atom is 0.239 e. The molecule has 0 aliphatic carbocycles. The van der Waals surface area contributed by atoms with Crippen molar-refractivity contribution in [2.24, 2.45) is 0 Å². The Hall–Kier alpha value is -4.13. The van der Waals surface area contributed by atoms with Crippen molar-refractivity contribution in [2.75, 3.05) is 18.2 Å². The topological polar surface area (TPSA) is 90.9 Å². The molecule has 3 aromatic carbocycles. The number of anilines is 2. The Balaban J connectivity index is 1.72. The average molecular weight is 410 g/mol. The summed E-state index contributed by atoms with van der Waals surface area (Å²) in [6.07, 6.45) is 0. The highest BCUT2D eigenvalue weighted by atomic mass is 16.5. The Kier molecular flexibility index (Phi) is 4.63. The number of ether oxygens (including phenoxy) is 1. The molecular weight excluding hydrogens is 388 g/mol. The van der Waals surface area contributed by atoms with Gasteiger partial charge < -0.3 is 15.8 Å². The summed E-state index contributed by atoms with van der Waals surface area (Å²) < 4.78 is 7.35. The number of aromatic nitrogens is 4. The lowest BCUT2D eigenvalue weighted by Crippen LogP contribution is -2.12. The Labute approximate surface area is 179 Å². The molecule has 0 bridgehead atoms. The van der Waals surface area contributed by atoms with E-state index in [-0.39, 0.29) is 6.04 Å². The zero-order chi connectivity index (χ0) is 21.4. The molecule has 1 unspecified atom stereocenters. The van der Waals surface area contributed by atoms with Crippen LogP contribution in [0, 0.1) is 0 Å². The fourth-order valence-corrected chi connectivity index (χ4v) is 3.77. The average Bonchev–Trinajstić information content (AvgIpc) is 3.14. The van der Waals surface area contributed by atoms with Crippen LogP contribution < -0.4 is 15.8 Å². The third kappa shape index (κ3) is 3.30. The van der Waals surface area contributed by atoms with E-state index < -0.39 is 0 Å². The van der Waals surface area contributed by atoms with Crippen LogP contribution in [0.25, 0.3) is 27.9 Å². The van der Waals surface area contributed by atoms with Gasteiger partial charge in [-0.3, -0.25) is 0 Å². The van der Waals surface area contributed by atoms with Crippen LogP contribution in [-0.2, 0) is 0 Å². The zero-order valence-corrected chi connectivity index (χ0v) is 17.3. The van der Waals surface area contributed by atoms with Crippen LogP contribution in [0.3, 0.4) is 0 Å². The van der Waals surface area contributed by atoms with E-state index in [9.17, 15) is 0 Å². The van der Waals surface area contributed by atoms with E-state index in [0.29, 0.717) is 29.0 Å². The molecule has 2 aromatic heterocycles. The Bertz CT molecular complexity index is 1380. The minimum absolute atomic E-state index is 0.0372. The first kappa shape index (κ1) is 18.9. The number of hydrogen-bond donors (Lipinski definition) is 2. The summed E-state index contributed by atoms with van der Waals surface area (Å²) in [5.74, 6) is 2.13. The van der Waals surface area contributed by atoms with Gasteiger partial charge in [0.2, 0.25) is 11.9 Å². The molecule has 7 heteroatoms. The maximum absolute atomic E-state index is 6.26. The standard InChI is InChI=1S/C24H22N6O/c1-15(16-9-4-3-5-10-16)26-22-17-11-8-14-20(31-2)21(17)28-24(29-22)30-19-13-7-6-12-18(19)27-23(30)25/h3-15H,1-2H3,(H2,25,27)(H,26,28,29). The van der Waals surface area contributed by atoms with Crippen LogP contribution in [0.5, 0.6) is 5.75 Å². The third-order valence-corrected chi connectivity index (χ3v) is 5.34. The van der Waals surface area contributed by atoms with Crippen LogP contribution in [0.15, 0.2) is 72.8 Å². The van der Waals surface area contributed by atoms with Gasteiger partial charge in [0.25, 0.3) is 0 Å². The van der Waals surface area contributed by atoms with Crippen molar-refractivity contribution in [1.82, 2.24) is 19.5 Å². The molecule has 5 rings (SSSR count). The second-order valence-electron chi connectivity index (χ2n) is 7.30. The van der Waals surface area contributed by atoms with E-state index in [1.54, 1.807) is 11.7 Å². The molecule has 0 aliphatic rings. The first-order valence-electron chi connectivity index (χ1n) is 10.1. The van der Waals surface area contributed by atoms with Gasteiger partial charge in [-0.25, -0.2) is 14.5 Å². The smallest absolute Gasteiger partial charge is 0.239 e. The number of hydrogen-bond acceptors (Lipinski definition) is 6. The normalized spacial score (nSPS) is 12.2. The van der Waals surface area contributed by atoms with Crippen LogP contribution in [0.2, 0.25) is 0 Å². The molecule has 7 nitrogen and oxygen atoms in total. The number of nitrogens with one attached hydrogen (secondary N) is 1. The van der Waals surface area contributed by atoms with Gasteiger partial charge in [0.1, 0.15) is 17.1 Å². The van der Waals surface area contributed by atoms with Crippen LogP contribution in [0.4, 0.5) is 11.8 Å². The summed E-state index contributed by atoms with van der Waals surface area (Å²) in [6.45, 7) is 2.10. The van der Waals surface area contributed by atoms with Gasteiger partial charge in [-0.05, 0) is 36.8 Å². The summed E-state index contributed by atoms with van der Waals surface area (Å²) in [6, 6.07) is 23.8. The summed E-state index contributed by atoms with van der Waals surface area (Å²) in [5, 5.41) is 4.41. The minimum atomic E-state index is 0.0372. The van der Waals surface area contributed by atoms with Crippen molar-refractivity contribution in [1.29, 1.82) is 0 Å². The monoisotopic (exact) mass is 410 g/mol. The zero-order valence-electron chi connectivity index (χ0n) is 17.3. The predicted molar refractivity (Wildman–Crippen MR) is 124 cm³/mol. The van der Waals surface area contributed by atoms with Gasteiger partial charge >= 0.3 is 0 Å². The molecule has 0 amide bonds. The lowest BCUT2D eigenvalue weighted by molar-refractivity contribution is 0.419. The molecule has 0 saturated carbocycles. The number of fused-ring (bicyclic) bond motifs is 2. The Morgan fingerprint density at radius 3 is 2.48 bits per heavy atom. The van der Waals surface area contributed by atoms with Crippen LogP contribution in [0.1, 0.15) is 18.5 Å². The number of nitrogens with zero attached hydrogens (tertiary/aromatic N) is 4. The second-order valence-corrected chi connectivity index (χ2v) is 7.30. The molecule has 0 radical (unpaired) electrons. The van der Waals surface area contributed by atoms with Gasteiger partial charge in [-0.2, -0.15) is 4.98 Å². The minimum Gasteiger partial charge on any atom is -0.494 e. The second kappa shape index (κ2) is 7.60. The number of benzene rings is 3. The largest absolute Gasteiger partial charge is 0.494 e. The lowest BCUT2D eigenvalue weighted by Gasteiger charge is -2.18. The molecule has 1 atom stereocenters. The summed E-state index contributed by atoms with van der Waals surface area (Å²) in [5.41, 5.74) is 9.76. The first-order chi connectivity index (χ1) is 15.2. The molecular formula is C24H22N6O. The van der Waals surface area contributed by atoms with Gasteiger partial charge in [-0.1, -0.05) is 48.5 Å². The van der Waals surface area contributed by atoms with Crippen molar-refractivity contribution in [3.63, 3.8) is 0 Å². The van der Waals surface area contributed by atoms with Gasteiger partial charge in [0, 0.05) is 11.4 Å². The number of para-hydroxylation sites is 3. The lowest BCUT2D eigenvalue weighted by atomic mass is 10.1. The van der Waals surface area contributed by atoms with Crippen molar-refractivity contribution in [3.05, 3.63) is 78.4 Å². The molecule has 3 N–H and O–H groups in total. The van der Waals surface area contributed by atoms with E-state index in [1.165, 1.54) is 0 Å². The molecule has 0 saturated heterocycles. The Morgan fingerprint density at radius 2 is 1.68 bits per heavy atom. The molecule has 0 aliphatic heterocycles. The number of imidazole rings is 1. The first-order valence-corrected chi connectivity index (χ1v) is 10.1. The maximum atomic E-state index is 6.26. The van der Waals surface area contributed by atoms with Gasteiger partial charge in [0.05, 0.1) is 18.1 Å². The van der Waals surface area contributed by atoms with Crippen molar-refractivity contribution >= 4 is 33.7 Å². The van der Waals surface area contributed by atoms with Crippen molar-refractivity contribution in [3.8, 4) is 11.7 Å². The van der Waals surface area contributed by atoms with Gasteiger partial charge in [-0.15, -0.1) is 0 Å². The van der Waals surface area contributed by atoms with Gasteiger partial charge in [0.15, 0.2) is 0 Å². The van der Waals surface area contributed by atoms with Crippen LogP contribution >= 0.6 is 0 Å². The molecule has 0 spiro atoms. The molecule has 31 heavy (non-hydrogen) atoms. The van der Waals surface area contributed by atoms with E-state index in [0.717, 1.165) is 22.0 Å². The summed E-state index contributed by atoms with van der Waals surface area (Å²) >= 11 is 0. The Morgan fingerprint density at radius 1 is 0.903 bits per heavy atom. The number of nitrogens with two attached hydrogens (primary N) is 1.